The van der Waals surface area contributed by atoms with Crippen molar-refractivity contribution in [1.82, 2.24) is 0 Å². The SMILES string of the molecule is COCC(=O)O/C(=C/C1=C(C)CCCC1(C)C)C(C)=O. The van der Waals surface area contributed by atoms with Crippen LogP contribution in [0.5, 0.6) is 0 Å². The van der Waals surface area contributed by atoms with Crippen molar-refractivity contribution in [2.24, 2.45) is 5.41 Å². The maximum Gasteiger partial charge on any atom is 0.337 e. The monoisotopic (exact) mass is 280 g/mol. The topological polar surface area (TPSA) is 52.6 Å². The number of ether oxygens (including phenoxy) is 2. The molecule has 0 fully saturated rings. The lowest BCUT2D eigenvalue weighted by molar-refractivity contribution is -0.146. The minimum absolute atomic E-state index is 0.00328. The minimum Gasteiger partial charge on any atom is -0.421 e. The Morgan fingerprint density at radius 1 is 1.35 bits per heavy atom. The fourth-order valence-electron chi connectivity index (χ4n) is 2.57. The minimum atomic E-state index is -0.555. The van der Waals surface area contributed by atoms with Gasteiger partial charge >= 0.3 is 5.97 Å². The van der Waals surface area contributed by atoms with E-state index in [0.29, 0.717) is 0 Å². The molecule has 0 amide bonds. The molecule has 20 heavy (non-hydrogen) atoms. The van der Waals surface area contributed by atoms with E-state index in [9.17, 15) is 9.59 Å². The second-order valence-corrected chi connectivity index (χ2v) is 5.90. The zero-order valence-corrected chi connectivity index (χ0v) is 13.0. The summed E-state index contributed by atoms with van der Waals surface area (Å²) < 4.78 is 9.82. The fourth-order valence-corrected chi connectivity index (χ4v) is 2.57. The second-order valence-electron chi connectivity index (χ2n) is 5.90. The van der Waals surface area contributed by atoms with Crippen molar-refractivity contribution in [2.45, 2.75) is 47.0 Å². The molecule has 0 bridgehead atoms. The van der Waals surface area contributed by atoms with Gasteiger partial charge in [-0.2, -0.15) is 0 Å². The van der Waals surface area contributed by atoms with Crippen LogP contribution in [0, 0.1) is 5.41 Å². The van der Waals surface area contributed by atoms with Gasteiger partial charge in [-0.15, -0.1) is 0 Å². The largest absolute Gasteiger partial charge is 0.421 e. The number of esters is 1. The van der Waals surface area contributed by atoms with E-state index < -0.39 is 5.97 Å². The van der Waals surface area contributed by atoms with E-state index in [2.05, 4.69) is 20.8 Å². The van der Waals surface area contributed by atoms with Gasteiger partial charge in [-0.05, 0) is 43.3 Å². The third-order valence-electron chi connectivity index (χ3n) is 3.65. The number of carbonyl (C=O) groups excluding carboxylic acids is 2. The summed E-state index contributed by atoms with van der Waals surface area (Å²) in [6.07, 6.45) is 4.96. The molecule has 1 aliphatic rings. The molecule has 0 N–H and O–H groups in total. The molecule has 0 unspecified atom stereocenters. The van der Waals surface area contributed by atoms with E-state index in [1.165, 1.54) is 19.6 Å². The van der Waals surface area contributed by atoms with Crippen LogP contribution >= 0.6 is 0 Å². The molecule has 0 aromatic carbocycles. The lowest BCUT2D eigenvalue weighted by Gasteiger charge is -2.33. The predicted molar refractivity (Wildman–Crippen MR) is 77.1 cm³/mol. The van der Waals surface area contributed by atoms with Gasteiger partial charge in [0, 0.05) is 14.0 Å². The third-order valence-corrected chi connectivity index (χ3v) is 3.65. The molecule has 0 saturated heterocycles. The number of carbonyl (C=O) groups is 2. The Bertz CT molecular complexity index is 455. The van der Waals surface area contributed by atoms with Gasteiger partial charge in [0.15, 0.2) is 11.5 Å². The summed E-state index contributed by atoms with van der Waals surface area (Å²) in [5, 5.41) is 0. The average molecular weight is 280 g/mol. The molecular weight excluding hydrogens is 256 g/mol. The summed E-state index contributed by atoms with van der Waals surface area (Å²) >= 11 is 0. The zero-order valence-electron chi connectivity index (χ0n) is 13.0. The van der Waals surface area contributed by atoms with E-state index in [1.807, 2.05) is 0 Å². The van der Waals surface area contributed by atoms with Crippen LogP contribution in [0.15, 0.2) is 23.0 Å². The molecule has 0 heterocycles. The lowest BCUT2D eigenvalue weighted by atomic mass is 9.72. The van der Waals surface area contributed by atoms with E-state index >= 15 is 0 Å². The summed E-state index contributed by atoms with van der Waals surface area (Å²) in [7, 11) is 1.41. The Labute approximate surface area is 120 Å². The molecule has 0 saturated carbocycles. The summed E-state index contributed by atoms with van der Waals surface area (Å²) in [6, 6.07) is 0. The molecule has 4 heteroatoms. The van der Waals surface area contributed by atoms with Gasteiger partial charge < -0.3 is 9.47 Å². The van der Waals surface area contributed by atoms with Gasteiger partial charge in [0.05, 0.1) is 0 Å². The molecule has 0 aromatic heterocycles. The number of allylic oxidation sites excluding steroid dienone is 4. The smallest absolute Gasteiger partial charge is 0.337 e. The number of methoxy groups -OCH3 is 1. The van der Waals surface area contributed by atoms with Crippen LogP contribution in [0.4, 0.5) is 0 Å². The first kappa shape index (κ1) is 16.6. The lowest BCUT2D eigenvalue weighted by Crippen LogP contribution is -2.21. The normalized spacial score (nSPS) is 18.9. The zero-order chi connectivity index (χ0) is 15.3. The summed E-state index contributed by atoms with van der Waals surface area (Å²) in [5.41, 5.74) is 2.35. The van der Waals surface area contributed by atoms with Crippen LogP contribution in [-0.2, 0) is 19.1 Å². The molecule has 0 aromatic rings. The molecule has 1 rings (SSSR count). The molecule has 0 spiro atoms. The first-order valence-electron chi connectivity index (χ1n) is 6.90. The van der Waals surface area contributed by atoms with Gasteiger partial charge in [-0.1, -0.05) is 19.4 Å². The van der Waals surface area contributed by atoms with Gasteiger partial charge in [0.2, 0.25) is 0 Å². The Morgan fingerprint density at radius 3 is 2.50 bits per heavy atom. The maximum atomic E-state index is 11.7. The van der Waals surface area contributed by atoms with Gasteiger partial charge in [0.25, 0.3) is 0 Å². The highest BCUT2D eigenvalue weighted by Gasteiger charge is 2.28. The standard InChI is InChI=1S/C16H24O4/c1-11-7-6-8-16(3,4)13(11)9-14(12(2)17)20-15(18)10-19-5/h9H,6-8,10H2,1-5H3/b14-9+. The molecule has 0 aliphatic heterocycles. The van der Waals surface area contributed by atoms with Crippen LogP contribution in [-0.4, -0.2) is 25.5 Å². The highest BCUT2D eigenvalue weighted by molar-refractivity contribution is 5.94. The van der Waals surface area contributed by atoms with Crippen LogP contribution in [0.2, 0.25) is 0 Å². The van der Waals surface area contributed by atoms with Gasteiger partial charge in [-0.3, -0.25) is 4.79 Å². The molecule has 0 radical (unpaired) electrons. The third kappa shape index (κ3) is 4.30. The molecule has 112 valence electrons. The second kappa shape index (κ2) is 6.84. The van der Waals surface area contributed by atoms with Crippen molar-refractivity contribution < 1.29 is 19.1 Å². The first-order chi connectivity index (χ1) is 9.27. The van der Waals surface area contributed by atoms with Crippen molar-refractivity contribution in [2.75, 3.05) is 13.7 Å². The van der Waals surface area contributed by atoms with Crippen LogP contribution in [0.25, 0.3) is 0 Å². The fraction of sp³-hybridized carbons (Fsp3) is 0.625. The van der Waals surface area contributed by atoms with E-state index in [4.69, 9.17) is 9.47 Å². The number of rotatable bonds is 5. The summed E-state index contributed by atoms with van der Waals surface area (Å²) in [4.78, 5) is 23.2. The highest BCUT2D eigenvalue weighted by atomic mass is 16.6. The molecule has 4 nitrogen and oxygen atoms in total. The van der Waals surface area contributed by atoms with E-state index in [1.54, 1.807) is 6.08 Å². The van der Waals surface area contributed by atoms with Crippen LogP contribution in [0.3, 0.4) is 0 Å². The van der Waals surface area contributed by atoms with E-state index in [-0.39, 0.29) is 23.6 Å². The number of hydrogen-bond acceptors (Lipinski definition) is 4. The first-order valence-corrected chi connectivity index (χ1v) is 6.90. The van der Waals surface area contributed by atoms with Gasteiger partial charge in [-0.25, -0.2) is 4.79 Å². The Hall–Kier alpha value is -1.42. The molecule has 1 aliphatic carbocycles. The predicted octanol–water partition coefficient (Wildman–Crippen LogP) is 3.18. The van der Waals surface area contributed by atoms with Crippen molar-refractivity contribution in [1.29, 1.82) is 0 Å². The van der Waals surface area contributed by atoms with Crippen molar-refractivity contribution in [3.8, 4) is 0 Å². The van der Waals surface area contributed by atoms with Crippen LogP contribution < -0.4 is 0 Å². The molecule has 0 atom stereocenters. The number of hydrogen-bond donors (Lipinski definition) is 0. The number of ketones is 1. The van der Waals surface area contributed by atoms with Crippen LogP contribution in [0.1, 0.15) is 47.0 Å². The van der Waals surface area contributed by atoms with Crippen molar-refractivity contribution >= 4 is 11.8 Å². The van der Waals surface area contributed by atoms with Gasteiger partial charge in [0.1, 0.15) is 6.61 Å². The Kier molecular flexibility index (Phi) is 5.69. The molecular formula is C16H24O4. The van der Waals surface area contributed by atoms with Crippen molar-refractivity contribution in [3.63, 3.8) is 0 Å². The highest BCUT2D eigenvalue weighted by Crippen LogP contribution is 2.41. The number of Topliss-reactive ketones (excluding diaryl/α,β-unsaturated/α-hetero) is 1. The van der Waals surface area contributed by atoms with E-state index in [0.717, 1.165) is 24.8 Å². The Balaban J connectivity index is 3.07. The Morgan fingerprint density at radius 2 is 2.00 bits per heavy atom. The average Bonchev–Trinajstić information content (AvgIpc) is 2.32. The summed E-state index contributed by atoms with van der Waals surface area (Å²) in [5.74, 6) is -0.715. The summed E-state index contributed by atoms with van der Waals surface area (Å²) in [6.45, 7) is 7.61. The van der Waals surface area contributed by atoms with Crippen molar-refractivity contribution in [3.05, 3.63) is 23.0 Å². The maximum absolute atomic E-state index is 11.7. The quantitative estimate of drug-likeness (QED) is 0.441.